The summed E-state index contributed by atoms with van der Waals surface area (Å²) in [6, 6.07) is 4.04. The lowest BCUT2D eigenvalue weighted by molar-refractivity contribution is -0.139. The Morgan fingerprint density at radius 3 is 2.32 bits per heavy atom. The van der Waals surface area contributed by atoms with E-state index in [0.29, 0.717) is 17.1 Å². The van der Waals surface area contributed by atoms with Crippen LogP contribution in [0.5, 0.6) is 11.5 Å². The van der Waals surface area contributed by atoms with Gasteiger partial charge in [0.1, 0.15) is 11.6 Å². The minimum Gasteiger partial charge on any atom is -0.493 e. The second-order valence-electron chi connectivity index (χ2n) is 6.89. The lowest BCUT2D eigenvalue weighted by Gasteiger charge is -2.22. The quantitative estimate of drug-likeness (QED) is 0.782. The van der Waals surface area contributed by atoms with Crippen LogP contribution in [-0.2, 0) is 16.0 Å². The maximum absolute atomic E-state index is 11.8. The normalized spacial score (nSPS) is 12.4. The van der Waals surface area contributed by atoms with E-state index in [2.05, 4.69) is 5.32 Å². The molecule has 0 radical (unpaired) electrons. The molecule has 0 saturated heterocycles. The molecule has 1 rings (SSSR count). The van der Waals surface area contributed by atoms with Crippen molar-refractivity contribution in [2.24, 2.45) is 0 Å². The predicted octanol–water partition coefficient (Wildman–Crippen LogP) is 3.00. The summed E-state index contributed by atoms with van der Waals surface area (Å²) >= 11 is 0. The monoisotopic (exact) mass is 353 g/mol. The molecule has 0 aliphatic heterocycles. The number of amides is 1. The van der Waals surface area contributed by atoms with E-state index in [-0.39, 0.29) is 12.5 Å². The van der Waals surface area contributed by atoms with Gasteiger partial charge in [0.25, 0.3) is 0 Å². The molecule has 1 aromatic carbocycles. The number of nitrogens with one attached hydrogen (secondary N) is 1. The average Bonchev–Trinajstić information content (AvgIpc) is 2.44. The number of methoxy groups -OCH3 is 1. The molecule has 7 nitrogen and oxygen atoms in total. The van der Waals surface area contributed by atoms with E-state index in [1.165, 1.54) is 7.11 Å². The largest absolute Gasteiger partial charge is 0.493 e. The smallest absolute Gasteiger partial charge is 0.408 e. The fourth-order valence-corrected chi connectivity index (χ4v) is 2.08. The number of hydrogen-bond acceptors (Lipinski definition) is 5. The van der Waals surface area contributed by atoms with Crippen molar-refractivity contribution < 1.29 is 28.9 Å². The van der Waals surface area contributed by atoms with Gasteiger partial charge in [-0.25, -0.2) is 9.59 Å². The van der Waals surface area contributed by atoms with Crippen molar-refractivity contribution in [3.05, 3.63) is 23.8 Å². The molecule has 1 aromatic rings. The summed E-state index contributed by atoms with van der Waals surface area (Å²) in [7, 11) is 1.53. The lowest BCUT2D eigenvalue weighted by atomic mass is 10.1. The summed E-state index contributed by atoms with van der Waals surface area (Å²) in [5.74, 6) is -0.0613. The van der Waals surface area contributed by atoms with Crippen LogP contribution in [0.1, 0.15) is 40.2 Å². The zero-order chi connectivity index (χ0) is 19.2. The lowest BCUT2D eigenvalue weighted by Crippen LogP contribution is -2.44. The molecule has 0 aliphatic rings. The highest BCUT2D eigenvalue weighted by Crippen LogP contribution is 2.29. The Labute approximate surface area is 148 Å². The number of alkyl carbamates (subject to hydrolysis) is 1. The molecule has 25 heavy (non-hydrogen) atoms. The van der Waals surface area contributed by atoms with Crippen LogP contribution in [0.2, 0.25) is 0 Å². The summed E-state index contributed by atoms with van der Waals surface area (Å²) in [6.45, 7) is 8.90. The number of aliphatic carboxylic acids is 1. The number of ether oxygens (including phenoxy) is 3. The van der Waals surface area contributed by atoms with Gasteiger partial charge in [-0.3, -0.25) is 0 Å². The van der Waals surface area contributed by atoms with E-state index >= 15 is 0 Å². The van der Waals surface area contributed by atoms with Crippen LogP contribution in [0.3, 0.4) is 0 Å². The first-order valence-corrected chi connectivity index (χ1v) is 8.07. The molecule has 0 aliphatic carbocycles. The highest BCUT2D eigenvalue weighted by Gasteiger charge is 2.24. The van der Waals surface area contributed by atoms with Crippen molar-refractivity contribution in [1.29, 1.82) is 0 Å². The molecule has 140 valence electrons. The number of carboxylic acid groups (broad SMARTS) is 1. The topological polar surface area (TPSA) is 94.1 Å². The summed E-state index contributed by atoms with van der Waals surface area (Å²) in [6.07, 6.45) is -0.737. The summed E-state index contributed by atoms with van der Waals surface area (Å²) in [5.41, 5.74) is -0.00849. The van der Waals surface area contributed by atoms with Crippen LogP contribution in [0.25, 0.3) is 0 Å². The van der Waals surface area contributed by atoms with Gasteiger partial charge in [0.05, 0.1) is 13.2 Å². The minimum absolute atomic E-state index is 0.0562. The van der Waals surface area contributed by atoms with Crippen molar-refractivity contribution in [2.75, 3.05) is 7.11 Å². The van der Waals surface area contributed by atoms with Crippen LogP contribution < -0.4 is 14.8 Å². The van der Waals surface area contributed by atoms with Crippen molar-refractivity contribution in [2.45, 2.75) is 58.8 Å². The van der Waals surface area contributed by atoms with E-state index in [9.17, 15) is 14.7 Å². The number of carbonyl (C=O) groups is 2. The van der Waals surface area contributed by atoms with Crippen LogP contribution in [0.15, 0.2) is 18.2 Å². The van der Waals surface area contributed by atoms with Crippen LogP contribution in [0.4, 0.5) is 4.79 Å². The second kappa shape index (κ2) is 8.60. The Hall–Kier alpha value is -2.44. The van der Waals surface area contributed by atoms with Crippen LogP contribution in [0, 0.1) is 0 Å². The number of carboxylic acids is 1. The highest BCUT2D eigenvalue weighted by molar-refractivity contribution is 5.80. The van der Waals surface area contributed by atoms with Gasteiger partial charge in [-0.05, 0) is 52.3 Å². The van der Waals surface area contributed by atoms with Crippen LogP contribution >= 0.6 is 0 Å². The van der Waals surface area contributed by atoms with E-state index in [1.54, 1.807) is 39.0 Å². The minimum atomic E-state index is -1.15. The van der Waals surface area contributed by atoms with Crippen molar-refractivity contribution in [3.63, 3.8) is 0 Å². The van der Waals surface area contributed by atoms with Gasteiger partial charge in [0.15, 0.2) is 11.5 Å². The Balaban J connectivity index is 2.91. The van der Waals surface area contributed by atoms with E-state index in [1.807, 2.05) is 13.8 Å². The first kappa shape index (κ1) is 20.6. The molecule has 0 bridgehead atoms. The van der Waals surface area contributed by atoms with E-state index in [0.717, 1.165) is 0 Å². The highest BCUT2D eigenvalue weighted by atomic mass is 16.6. The maximum Gasteiger partial charge on any atom is 0.408 e. The van der Waals surface area contributed by atoms with Crippen molar-refractivity contribution in [3.8, 4) is 11.5 Å². The third kappa shape index (κ3) is 7.32. The predicted molar refractivity (Wildman–Crippen MR) is 93.3 cm³/mol. The number of benzene rings is 1. The van der Waals surface area contributed by atoms with Crippen molar-refractivity contribution >= 4 is 12.1 Å². The first-order chi connectivity index (χ1) is 11.5. The molecule has 0 spiro atoms. The molecule has 2 N–H and O–H groups in total. The third-order valence-electron chi connectivity index (χ3n) is 3.02. The molecular weight excluding hydrogens is 326 g/mol. The zero-order valence-corrected chi connectivity index (χ0v) is 15.6. The molecule has 0 aromatic heterocycles. The SMILES string of the molecule is COc1ccc(CC(NC(=O)OC(C)(C)C)C(=O)O)cc1OC(C)C. The molecule has 7 heteroatoms. The molecule has 1 amide bonds. The average molecular weight is 353 g/mol. The van der Waals surface area contributed by atoms with E-state index < -0.39 is 23.7 Å². The van der Waals surface area contributed by atoms with Gasteiger partial charge in [-0.15, -0.1) is 0 Å². The number of rotatable bonds is 7. The second-order valence-corrected chi connectivity index (χ2v) is 6.89. The first-order valence-electron chi connectivity index (χ1n) is 8.07. The van der Waals surface area contributed by atoms with E-state index in [4.69, 9.17) is 14.2 Å². The van der Waals surface area contributed by atoms with Gasteiger partial charge >= 0.3 is 12.1 Å². The Morgan fingerprint density at radius 2 is 1.84 bits per heavy atom. The fraction of sp³-hybridized carbons (Fsp3) is 0.556. The van der Waals surface area contributed by atoms with Gasteiger partial charge < -0.3 is 24.6 Å². The number of carbonyl (C=O) groups excluding carboxylic acids is 1. The van der Waals surface area contributed by atoms with Gasteiger partial charge in [-0.2, -0.15) is 0 Å². The molecule has 0 heterocycles. The number of hydrogen-bond donors (Lipinski definition) is 2. The Morgan fingerprint density at radius 1 is 1.20 bits per heavy atom. The molecule has 1 atom stereocenters. The van der Waals surface area contributed by atoms with Crippen LogP contribution in [-0.4, -0.2) is 42.0 Å². The summed E-state index contributed by atoms with van der Waals surface area (Å²) in [5, 5.41) is 11.7. The Kier molecular flexibility index (Phi) is 7.09. The molecule has 0 fully saturated rings. The van der Waals surface area contributed by atoms with Gasteiger partial charge in [-0.1, -0.05) is 6.07 Å². The zero-order valence-electron chi connectivity index (χ0n) is 15.6. The van der Waals surface area contributed by atoms with Gasteiger partial charge in [0.2, 0.25) is 0 Å². The molecule has 0 saturated carbocycles. The maximum atomic E-state index is 11.8. The Bertz CT molecular complexity index is 606. The fourth-order valence-electron chi connectivity index (χ4n) is 2.08. The summed E-state index contributed by atoms with van der Waals surface area (Å²) < 4.78 is 16.0. The third-order valence-corrected chi connectivity index (χ3v) is 3.02. The van der Waals surface area contributed by atoms with Crippen molar-refractivity contribution in [1.82, 2.24) is 5.32 Å². The molecular formula is C18H27NO6. The van der Waals surface area contributed by atoms with Gasteiger partial charge in [0, 0.05) is 6.42 Å². The standard InChI is InChI=1S/C18H27NO6/c1-11(2)24-15-10-12(7-8-14(15)23-6)9-13(16(20)21)19-17(22)25-18(3,4)5/h7-8,10-11,13H,9H2,1-6H3,(H,19,22)(H,20,21). The molecule has 1 unspecified atom stereocenters. The summed E-state index contributed by atoms with van der Waals surface area (Å²) in [4.78, 5) is 23.3.